The molecule has 2 aromatic carbocycles. The van der Waals surface area contributed by atoms with Crippen LogP contribution in [0, 0.1) is 0 Å². The van der Waals surface area contributed by atoms with Gasteiger partial charge in [0.05, 0.1) is 0 Å². The third-order valence-corrected chi connectivity index (χ3v) is 4.57. The van der Waals surface area contributed by atoms with Crippen molar-refractivity contribution >= 4 is 22.5 Å². The summed E-state index contributed by atoms with van der Waals surface area (Å²) in [7, 11) is 0. The molecule has 3 rings (SSSR count). The number of rotatable bonds is 2. The number of aryl methyl sites for hydroxylation is 2. The molecule has 0 bridgehead atoms. The fourth-order valence-electron chi connectivity index (χ4n) is 2.87. The summed E-state index contributed by atoms with van der Waals surface area (Å²) in [5.41, 5.74) is 3.22. The van der Waals surface area contributed by atoms with Gasteiger partial charge in [-0.1, -0.05) is 31.2 Å². The lowest BCUT2D eigenvalue weighted by atomic mass is 9.88. The number of hydrogen-bond acceptors (Lipinski definition) is 1. The minimum absolute atomic E-state index is 1.16. The van der Waals surface area contributed by atoms with E-state index in [1.165, 1.54) is 41.4 Å². The maximum absolute atomic E-state index is 2.45. The van der Waals surface area contributed by atoms with Crippen molar-refractivity contribution in [2.45, 2.75) is 37.5 Å². The number of benzene rings is 2. The van der Waals surface area contributed by atoms with Crippen molar-refractivity contribution in [2.75, 3.05) is 5.75 Å². The van der Waals surface area contributed by atoms with E-state index >= 15 is 0 Å². The second-order valence-electron chi connectivity index (χ2n) is 4.70. The summed E-state index contributed by atoms with van der Waals surface area (Å²) in [6.07, 6.45) is 5.27. The molecule has 0 radical (unpaired) electrons. The molecule has 0 atom stereocenters. The fourth-order valence-corrected chi connectivity index (χ4v) is 3.74. The fraction of sp³-hybridized carbons (Fsp3) is 0.375. The second kappa shape index (κ2) is 4.73. The van der Waals surface area contributed by atoms with Gasteiger partial charge in [0.1, 0.15) is 0 Å². The molecule has 0 nitrogen and oxygen atoms in total. The quantitative estimate of drug-likeness (QED) is 0.680. The zero-order valence-electron chi connectivity index (χ0n) is 10.3. The van der Waals surface area contributed by atoms with E-state index in [9.17, 15) is 0 Å². The number of fused-ring (bicyclic) bond motifs is 3. The molecule has 0 heterocycles. The van der Waals surface area contributed by atoms with E-state index in [-0.39, 0.29) is 0 Å². The highest BCUT2D eigenvalue weighted by Gasteiger charge is 2.14. The average Bonchev–Trinajstić information content (AvgIpc) is 2.39. The molecule has 0 unspecified atom stereocenters. The molecule has 1 aliphatic rings. The topological polar surface area (TPSA) is 0 Å². The Hall–Kier alpha value is -0.950. The molecule has 0 fully saturated rings. The van der Waals surface area contributed by atoms with E-state index in [1.807, 2.05) is 11.8 Å². The molecular formula is C16H18S. The zero-order chi connectivity index (χ0) is 11.7. The van der Waals surface area contributed by atoms with Gasteiger partial charge in [-0.25, -0.2) is 0 Å². The Kier molecular flexibility index (Phi) is 3.11. The maximum Gasteiger partial charge on any atom is 0.0153 e. The van der Waals surface area contributed by atoms with Gasteiger partial charge in [0.25, 0.3) is 0 Å². The third kappa shape index (κ3) is 1.97. The van der Waals surface area contributed by atoms with Crippen molar-refractivity contribution in [1.29, 1.82) is 0 Å². The summed E-state index contributed by atoms with van der Waals surface area (Å²) in [6.45, 7) is 2.24. The predicted octanol–water partition coefficient (Wildman–Crippen LogP) is 4.83. The van der Waals surface area contributed by atoms with Crippen molar-refractivity contribution in [3.05, 3.63) is 41.5 Å². The zero-order valence-corrected chi connectivity index (χ0v) is 11.1. The Bertz CT molecular complexity index is 542. The predicted molar refractivity (Wildman–Crippen MR) is 77.0 cm³/mol. The first kappa shape index (κ1) is 11.2. The minimum Gasteiger partial charge on any atom is -0.126 e. The van der Waals surface area contributed by atoms with E-state index in [0.717, 1.165) is 5.75 Å². The molecule has 0 amide bonds. The van der Waals surface area contributed by atoms with Crippen LogP contribution in [-0.4, -0.2) is 5.75 Å². The van der Waals surface area contributed by atoms with Crippen LogP contribution < -0.4 is 0 Å². The maximum atomic E-state index is 2.45. The highest BCUT2D eigenvalue weighted by molar-refractivity contribution is 7.99. The van der Waals surface area contributed by atoms with E-state index in [4.69, 9.17) is 0 Å². The molecule has 2 aromatic rings. The molecule has 1 aliphatic carbocycles. The van der Waals surface area contributed by atoms with Gasteiger partial charge in [0, 0.05) is 4.90 Å². The SMILES string of the molecule is CCSc1cc2c(c3ccccc13)CCCC2. The molecule has 17 heavy (non-hydrogen) atoms. The molecule has 0 aromatic heterocycles. The van der Waals surface area contributed by atoms with Gasteiger partial charge in [-0.05, 0) is 59.4 Å². The monoisotopic (exact) mass is 242 g/mol. The Balaban J connectivity index is 2.27. The average molecular weight is 242 g/mol. The van der Waals surface area contributed by atoms with Gasteiger partial charge in [-0.15, -0.1) is 11.8 Å². The molecular weight excluding hydrogens is 224 g/mol. The Labute approximate surface area is 107 Å². The lowest BCUT2D eigenvalue weighted by Crippen LogP contribution is -2.03. The summed E-state index contributed by atoms with van der Waals surface area (Å²) in [5.74, 6) is 1.16. The smallest absolute Gasteiger partial charge is 0.0153 e. The van der Waals surface area contributed by atoms with Gasteiger partial charge >= 0.3 is 0 Å². The van der Waals surface area contributed by atoms with Crippen LogP contribution in [0.15, 0.2) is 35.2 Å². The lowest BCUT2D eigenvalue weighted by Gasteiger charge is -2.20. The largest absolute Gasteiger partial charge is 0.126 e. The van der Waals surface area contributed by atoms with Crippen LogP contribution in [0.5, 0.6) is 0 Å². The number of hydrogen-bond donors (Lipinski definition) is 0. The first-order valence-electron chi connectivity index (χ1n) is 6.56. The van der Waals surface area contributed by atoms with E-state index in [0.29, 0.717) is 0 Å². The summed E-state index contributed by atoms with van der Waals surface area (Å²) >= 11 is 1.98. The van der Waals surface area contributed by atoms with Crippen LogP contribution in [-0.2, 0) is 12.8 Å². The van der Waals surface area contributed by atoms with Crippen LogP contribution in [0.4, 0.5) is 0 Å². The van der Waals surface area contributed by atoms with E-state index in [2.05, 4.69) is 37.3 Å². The Morgan fingerprint density at radius 2 is 1.82 bits per heavy atom. The number of thioether (sulfide) groups is 1. The van der Waals surface area contributed by atoms with Crippen molar-refractivity contribution < 1.29 is 0 Å². The lowest BCUT2D eigenvalue weighted by molar-refractivity contribution is 0.688. The Morgan fingerprint density at radius 1 is 1.06 bits per heavy atom. The van der Waals surface area contributed by atoms with Crippen molar-refractivity contribution in [2.24, 2.45) is 0 Å². The minimum atomic E-state index is 1.16. The highest BCUT2D eigenvalue weighted by Crippen LogP contribution is 2.35. The molecule has 0 spiro atoms. The summed E-state index contributed by atoms with van der Waals surface area (Å²) in [5, 5.41) is 2.96. The van der Waals surface area contributed by atoms with Crippen molar-refractivity contribution in [3.8, 4) is 0 Å². The Morgan fingerprint density at radius 3 is 2.65 bits per heavy atom. The summed E-state index contributed by atoms with van der Waals surface area (Å²) in [4.78, 5) is 1.48. The third-order valence-electron chi connectivity index (χ3n) is 3.63. The highest BCUT2D eigenvalue weighted by atomic mass is 32.2. The molecule has 0 aliphatic heterocycles. The normalized spacial score (nSPS) is 14.9. The van der Waals surface area contributed by atoms with Crippen LogP contribution >= 0.6 is 11.8 Å². The van der Waals surface area contributed by atoms with E-state index < -0.39 is 0 Å². The standard InChI is InChI=1S/C16H18S/c1-2-17-16-11-12-7-3-4-8-13(12)14-9-5-6-10-15(14)16/h5-6,9-11H,2-4,7-8H2,1H3. The van der Waals surface area contributed by atoms with Gasteiger partial charge in [0.2, 0.25) is 0 Å². The first-order chi connectivity index (χ1) is 8.40. The summed E-state index contributed by atoms with van der Waals surface area (Å²) in [6, 6.07) is 11.4. The molecule has 1 heteroatoms. The van der Waals surface area contributed by atoms with Crippen LogP contribution in [0.2, 0.25) is 0 Å². The van der Waals surface area contributed by atoms with Gasteiger partial charge in [-0.3, -0.25) is 0 Å². The van der Waals surface area contributed by atoms with Crippen LogP contribution in [0.25, 0.3) is 10.8 Å². The molecule has 0 N–H and O–H groups in total. The van der Waals surface area contributed by atoms with Gasteiger partial charge in [0.15, 0.2) is 0 Å². The van der Waals surface area contributed by atoms with Crippen molar-refractivity contribution in [1.82, 2.24) is 0 Å². The molecule has 0 saturated heterocycles. The second-order valence-corrected chi connectivity index (χ2v) is 6.00. The van der Waals surface area contributed by atoms with Crippen LogP contribution in [0.1, 0.15) is 30.9 Å². The van der Waals surface area contributed by atoms with Crippen molar-refractivity contribution in [3.63, 3.8) is 0 Å². The van der Waals surface area contributed by atoms with Crippen LogP contribution in [0.3, 0.4) is 0 Å². The first-order valence-corrected chi connectivity index (χ1v) is 7.55. The van der Waals surface area contributed by atoms with Gasteiger partial charge < -0.3 is 0 Å². The van der Waals surface area contributed by atoms with Gasteiger partial charge in [-0.2, -0.15) is 0 Å². The van der Waals surface area contributed by atoms with E-state index in [1.54, 1.807) is 11.1 Å². The molecule has 0 saturated carbocycles. The summed E-state index contributed by atoms with van der Waals surface area (Å²) < 4.78 is 0. The molecule has 88 valence electrons.